The van der Waals surface area contributed by atoms with Gasteiger partial charge in [-0.15, -0.1) is 0 Å². The summed E-state index contributed by atoms with van der Waals surface area (Å²) in [6.07, 6.45) is 2.73. The van der Waals surface area contributed by atoms with Gasteiger partial charge in [0.2, 0.25) is 0 Å². The van der Waals surface area contributed by atoms with Crippen molar-refractivity contribution in [2.75, 3.05) is 26.4 Å². The first kappa shape index (κ1) is 18.2. The zero-order valence-corrected chi connectivity index (χ0v) is 12.8. The van der Waals surface area contributed by atoms with Gasteiger partial charge in [-0.05, 0) is 27.7 Å². The van der Waals surface area contributed by atoms with E-state index in [0.717, 1.165) is 17.8 Å². The number of likely N-dealkylation sites (tertiary alicyclic amines) is 1. The lowest BCUT2D eigenvalue weighted by atomic mass is 10.0. The highest BCUT2D eigenvalue weighted by atomic mass is 27.5. The number of quaternary nitrogens is 1. The fourth-order valence-electron chi connectivity index (χ4n) is 2.20. The maximum absolute atomic E-state index is 9.85. The van der Waals surface area contributed by atoms with Crippen LogP contribution in [0.4, 0.5) is 14.1 Å². The van der Waals surface area contributed by atoms with Gasteiger partial charge < -0.3 is 18.8 Å². The molecule has 1 aliphatic heterocycles. The topological polar surface area (TPSA) is 9.23 Å². The number of rotatable bonds is 3. The van der Waals surface area contributed by atoms with Crippen LogP contribution in [0.1, 0.15) is 40.5 Å². The van der Waals surface area contributed by atoms with Crippen molar-refractivity contribution < 1.29 is 23.3 Å². The molecule has 0 bridgehead atoms. The third kappa shape index (κ3) is 6.93. The standard InChI is InChI=1S/C11H24NO.Al.4FH/c1-5-13-10-12(11(2,3)4)8-6-7-9-12;;;;;/h5-10H2,1-4H3;;4*1H/q+1;+3;;;;/p-4. The number of hydrogen-bond donors (Lipinski definition) is 0. The lowest BCUT2D eigenvalue weighted by Crippen LogP contribution is -2.59. The van der Waals surface area contributed by atoms with E-state index in [2.05, 4.69) is 27.7 Å². The molecule has 0 aromatic carbocycles. The lowest BCUT2D eigenvalue weighted by Gasteiger charge is -2.45. The predicted octanol–water partition coefficient (Wildman–Crippen LogP) is 3.69. The van der Waals surface area contributed by atoms with Crippen molar-refractivity contribution >= 4 is 14.9 Å². The van der Waals surface area contributed by atoms with E-state index in [0.29, 0.717) is 5.54 Å². The van der Waals surface area contributed by atoms with E-state index in [1.54, 1.807) is 0 Å². The first-order valence-corrected chi connectivity index (χ1v) is 8.08. The van der Waals surface area contributed by atoms with Crippen molar-refractivity contribution in [1.82, 2.24) is 0 Å². The Morgan fingerprint density at radius 3 is 1.72 bits per heavy atom. The summed E-state index contributed by atoms with van der Waals surface area (Å²) < 4.78 is 46.2. The number of ether oxygens (including phenoxy) is 1. The van der Waals surface area contributed by atoms with Crippen molar-refractivity contribution in [3.8, 4) is 0 Å². The highest BCUT2D eigenvalue weighted by molar-refractivity contribution is 6.50. The Hall–Kier alpha value is 0.172. The molecule has 1 fully saturated rings. The lowest BCUT2D eigenvalue weighted by molar-refractivity contribution is -0.976. The van der Waals surface area contributed by atoms with Crippen LogP contribution in [-0.2, 0) is 4.74 Å². The summed E-state index contributed by atoms with van der Waals surface area (Å²) in [4.78, 5) is 0. The molecule has 0 saturated carbocycles. The molecule has 7 heteroatoms. The van der Waals surface area contributed by atoms with Crippen molar-refractivity contribution in [1.29, 1.82) is 0 Å². The average molecular weight is 289 g/mol. The highest BCUT2D eigenvalue weighted by Gasteiger charge is 2.42. The van der Waals surface area contributed by atoms with Crippen LogP contribution in [-0.4, -0.2) is 51.4 Å². The first-order chi connectivity index (χ1) is 8.02. The molecule has 110 valence electrons. The zero-order chi connectivity index (χ0) is 14.4. The molecule has 1 aliphatic rings. The normalized spacial score (nSPS) is 19.3. The quantitative estimate of drug-likeness (QED) is 0.437. The Labute approximate surface area is 111 Å². The van der Waals surface area contributed by atoms with E-state index >= 15 is 0 Å². The second kappa shape index (κ2) is 7.09. The van der Waals surface area contributed by atoms with Gasteiger partial charge in [-0.2, -0.15) is 0 Å². The molecule has 0 unspecified atom stereocenters. The van der Waals surface area contributed by atoms with Crippen LogP contribution in [0.2, 0.25) is 0 Å². The summed E-state index contributed by atoms with van der Waals surface area (Å²) in [6, 6.07) is 0. The van der Waals surface area contributed by atoms with Crippen molar-refractivity contribution in [2.24, 2.45) is 0 Å². The van der Waals surface area contributed by atoms with Gasteiger partial charge >= 0.3 is 14.9 Å². The maximum atomic E-state index is 9.85. The second-order valence-electron chi connectivity index (χ2n) is 5.59. The smallest absolute Gasteiger partial charge is 0.510 e. The molecular weight excluding hydrogens is 265 g/mol. The molecular formula is C11H24AlF4NO. The fourth-order valence-corrected chi connectivity index (χ4v) is 2.20. The Morgan fingerprint density at radius 2 is 1.44 bits per heavy atom. The minimum absolute atomic E-state index is 0.339. The Morgan fingerprint density at radius 1 is 1.06 bits per heavy atom. The van der Waals surface area contributed by atoms with E-state index in [1.807, 2.05) is 0 Å². The molecule has 0 atom stereocenters. The summed E-state index contributed by atoms with van der Waals surface area (Å²) in [5.41, 5.74) is 0.339. The van der Waals surface area contributed by atoms with Crippen LogP contribution in [0.25, 0.3) is 0 Å². The third-order valence-corrected chi connectivity index (χ3v) is 3.39. The van der Waals surface area contributed by atoms with Crippen molar-refractivity contribution in [3.63, 3.8) is 0 Å². The molecule has 0 aliphatic carbocycles. The zero-order valence-electron chi connectivity index (χ0n) is 11.7. The van der Waals surface area contributed by atoms with Gasteiger partial charge in [0.25, 0.3) is 0 Å². The van der Waals surface area contributed by atoms with Crippen molar-refractivity contribution in [3.05, 3.63) is 0 Å². The van der Waals surface area contributed by atoms with E-state index in [4.69, 9.17) is 4.74 Å². The van der Waals surface area contributed by atoms with Gasteiger partial charge in [-0.3, -0.25) is 4.48 Å². The van der Waals surface area contributed by atoms with Gasteiger partial charge in [-0.1, -0.05) is 0 Å². The van der Waals surface area contributed by atoms with E-state index < -0.39 is 14.9 Å². The average Bonchev–Trinajstić information content (AvgIpc) is 2.60. The predicted molar refractivity (Wildman–Crippen MR) is 65.7 cm³/mol. The molecule has 0 radical (unpaired) electrons. The Bertz CT molecular complexity index is 228. The number of halogens is 4. The molecule has 18 heavy (non-hydrogen) atoms. The monoisotopic (exact) mass is 289 g/mol. The molecule has 0 aromatic heterocycles. The molecule has 0 N–H and O–H groups in total. The summed E-state index contributed by atoms with van der Waals surface area (Å²) >= 11 is -6.83. The summed E-state index contributed by atoms with van der Waals surface area (Å²) in [5.74, 6) is 0. The van der Waals surface area contributed by atoms with Gasteiger partial charge in [0.15, 0.2) is 6.73 Å². The minimum atomic E-state index is -6.83. The largest absolute Gasteiger partial charge is 1.04 e. The molecule has 2 nitrogen and oxygen atoms in total. The Balaban J connectivity index is 0.000000494. The first-order valence-electron chi connectivity index (χ1n) is 6.33. The highest BCUT2D eigenvalue weighted by Crippen LogP contribution is 2.30. The Kier molecular flexibility index (Phi) is 7.16. The minimum Gasteiger partial charge on any atom is -0.510 e. The van der Waals surface area contributed by atoms with Gasteiger partial charge in [0, 0.05) is 19.4 Å². The molecule has 1 heterocycles. The van der Waals surface area contributed by atoms with Crippen LogP contribution < -0.4 is 0 Å². The van der Waals surface area contributed by atoms with Gasteiger partial charge in [-0.25, -0.2) is 0 Å². The molecule has 0 aromatic rings. The second-order valence-corrected chi connectivity index (χ2v) is 6.58. The summed E-state index contributed by atoms with van der Waals surface area (Å²) in [6.45, 7) is 13.4. The SMILES string of the molecule is CCOC[N+]1(C(C)(C)C)CCCC1.[F][Al-]([F])([F])[F]. The molecule has 1 rings (SSSR count). The maximum Gasteiger partial charge on any atom is 1.04 e. The molecule has 0 spiro atoms. The number of hydrogen-bond acceptors (Lipinski definition) is 1. The van der Waals surface area contributed by atoms with Crippen LogP contribution in [0.5, 0.6) is 0 Å². The van der Waals surface area contributed by atoms with Crippen LogP contribution in [0.15, 0.2) is 0 Å². The summed E-state index contributed by atoms with van der Waals surface area (Å²) in [7, 11) is 0. The van der Waals surface area contributed by atoms with Crippen LogP contribution in [0, 0.1) is 0 Å². The third-order valence-electron chi connectivity index (χ3n) is 3.39. The van der Waals surface area contributed by atoms with E-state index in [-0.39, 0.29) is 0 Å². The van der Waals surface area contributed by atoms with Crippen LogP contribution >= 0.6 is 0 Å². The fraction of sp³-hybridized carbons (Fsp3) is 1.00. The molecule has 0 amide bonds. The number of nitrogens with zero attached hydrogens (tertiary/aromatic N) is 1. The van der Waals surface area contributed by atoms with E-state index in [1.165, 1.54) is 25.9 Å². The van der Waals surface area contributed by atoms with Gasteiger partial charge in [0.05, 0.1) is 18.6 Å². The summed E-state index contributed by atoms with van der Waals surface area (Å²) in [5, 5.41) is 0. The van der Waals surface area contributed by atoms with Gasteiger partial charge in [0.1, 0.15) is 0 Å². The van der Waals surface area contributed by atoms with Crippen molar-refractivity contribution in [2.45, 2.75) is 46.1 Å². The molecule has 1 saturated heterocycles. The van der Waals surface area contributed by atoms with E-state index in [9.17, 15) is 14.1 Å². The van der Waals surface area contributed by atoms with Crippen LogP contribution in [0.3, 0.4) is 0 Å².